The molecule has 1 aromatic carbocycles. The van der Waals surface area contributed by atoms with Crippen molar-refractivity contribution >= 4 is 26.6 Å². The van der Waals surface area contributed by atoms with Crippen LogP contribution in [0.5, 0.6) is 0 Å². The summed E-state index contributed by atoms with van der Waals surface area (Å²) in [6, 6.07) is 6.63. The Morgan fingerprint density at radius 1 is 1.24 bits per heavy atom. The van der Waals surface area contributed by atoms with Crippen molar-refractivity contribution in [2.75, 3.05) is 5.73 Å². The molecule has 0 atom stereocenters. The van der Waals surface area contributed by atoms with Gasteiger partial charge in [0.1, 0.15) is 4.90 Å². The van der Waals surface area contributed by atoms with Gasteiger partial charge in [-0.3, -0.25) is 4.98 Å². The zero-order valence-corrected chi connectivity index (χ0v) is 13.4. The maximum absolute atomic E-state index is 12.7. The minimum Gasteiger partial charge on any atom is -0.398 e. The van der Waals surface area contributed by atoms with Crippen LogP contribution in [0.3, 0.4) is 0 Å². The first kappa shape index (κ1) is 15.7. The third-order valence-corrected chi connectivity index (χ3v) is 5.67. The van der Waals surface area contributed by atoms with Gasteiger partial charge in [0.15, 0.2) is 0 Å². The first-order valence-corrected chi connectivity index (χ1v) is 8.48. The SMILES string of the molecule is CCC(C)(CC)NS(=O)(=O)c1ccc(N)c2cccnc12. The van der Waals surface area contributed by atoms with Gasteiger partial charge in [-0.2, -0.15) is 0 Å². The zero-order chi connectivity index (χ0) is 15.7. The standard InChI is InChI=1S/C15H21N3O2S/c1-4-15(3,5-2)18-21(19,20)13-9-8-12(16)11-7-6-10-17-14(11)13/h6-10,18H,4-5,16H2,1-3H3. The number of rotatable bonds is 5. The molecule has 0 spiro atoms. The largest absolute Gasteiger partial charge is 0.398 e. The van der Waals surface area contributed by atoms with Crippen molar-refractivity contribution in [3.05, 3.63) is 30.5 Å². The number of nitrogens with two attached hydrogens (primary N) is 1. The van der Waals surface area contributed by atoms with E-state index >= 15 is 0 Å². The fourth-order valence-corrected chi connectivity index (χ4v) is 3.87. The topological polar surface area (TPSA) is 85.1 Å². The Morgan fingerprint density at radius 2 is 1.90 bits per heavy atom. The average molecular weight is 307 g/mol. The van der Waals surface area contributed by atoms with Crippen LogP contribution in [-0.2, 0) is 10.0 Å². The van der Waals surface area contributed by atoms with Gasteiger partial charge in [0, 0.05) is 22.8 Å². The zero-order valence-electron chi connectivity index (χ0n) is 12.6. The summed E-state index contributed by atoms with van der Waals surface area (Å²) in [5.74, 6) is 0. The lowest BCUT2D eigenvalue weighted by Crippen LogP contribution is -2.44. The van der Waals surface area contributed by atoms with Gasteiger partial charge in [-0.25, -0.2) is 13.1 Å². The Bertz CT molecular complexity index is 753. The van der Waals surface area contributed by atoms with E-state index in [9.17, 15) is 8.42 Å². The number of hydrogen-bond acceptors (Lipinski definition) is 4. The summed E-state index contributed by atoms with van der Waals surface area (Å²) in [6.45, 7) is 5.83. The van der Waals surface area contributed by atoms with Crippen LogP contribution >= 0.6 is 0 Å². The number of hydrogen-bond donors (Lipinski definition) is 2. The molecular formula is C15H21N3O2S. The smallest absolute Gasteiger partial charge is 0.243 e. The molecule has 0 fully saturated rings. The van der Waals surface area contributed by atoms with E-state index in [0.29, 0.717) is 29.4 Å². The highest BCUT2D eigenvalue weighted by atomic mass is 32.2. The van der Waals surface area contributed by atoms with Crippen molar-refractivity contribution in [3.63, 3.8) is 0 Å². The predicted octanol–water partition coefficient (Wildman–Crippen LogP) is 2.67. The van der Waals surface area contributed by atoms with Gasteiger partial charge in [-0.15, -0.1) is 0 Å². The van der Waals surface area contributed by atoms with Gasteiger partial charge in [-0.05, 0) is 44.0 Å². The summed E-state index contributed by atoms with van der Waals surface area (Å²) < 4.78 is 28.2. The summed E-state index contributed by atoms with van der Waals surface area (Å²) in [4.78, 5) is 4.36. The molecule has 114 valence electrons. The molecule has 3 N–H and O–H groups in total. The van der Waals surface area contributed by atoms with E-state index in [2.05, 4.69) is 9.71 Å². The lowest BCUT2D eigenvalue weighted by molar-refractivity contribution is 0.389. The maximum Gasteiger partial charge on any atom is 0.243 e. The van der Waals surface area contributed by atoms with Crippen LogP contribution in [-0.4, -0.2) is 18.9 Å². The number of aromatic nitrogens is 1. The highest BCUT2D eigenvalue weighted by Crippen LogP contribution is 2.27. The minimum absolute atomic E-state index is 0.167. The van der Waals surface area contributed by atoms with Gasteiger partial charge in [0.05, 0.1) is 5.52 Å². The highest BCUT2D eigenvalue weighted by molar-refractivity contribution is 7.89. The maximum atomic E-state index is 12.7. The minimum atomic E-state index is -3.65. The molecule has 0 aliphatic rings. The molecule has 2 rings (SSSR count). The Balaban J connectivity index is 2.59. The third-order valence-electron chi connectivity index (χ3n) is 4.00. The number of fused-ring (bicyclic) bond motifs is 1. The van der Waals surface area contributed by atoms with Crippen molar-refractivity contribution in [3.8, 4) is 0 Å². The van der Waals surface area contributed by atoms with Crippen LogP contribution in [0.2, 0.25) is 0 Å². The van der Waals surface area contributed by atoms with Gasteiger partial charge in [0.25, 0.3) is 0 Å². The number of nitrogens with zero attached hydrogens (tertiary/aromatic N) is 1. The lowest BCUT2D eigenvalue weighted by atomic mass is 9.98. The van der Waals surface area contributed by atoms with Gasteiger partial charge >= 0.3 is 0 Å². The van der Waals surface area contributed by atoms with Crippen LogP contribution in [0.25, 0.3) is 10.9 Å². The van der Waals surface area contributed by atoms with Crippen LogP contribution < -0.4 is 10.5 Å². The normalized spacial score (nSPS) is 12.7. The molecule has 6 heteroatoms. The molecule has 0 radical (unpaired) electrons. The predicted molar refractivity (Wildman–Crippen MR) is 85.5 cm³/mol. The summed E-state index contributed by atoms with van der Waals surface area (Å²) in [6.07, 6.45) is 2.99. The van der Waals surface area contributed by atoms with Crippen LogP contribution in [0.4, 0.5) is 5.69 Å². The van der Waals surface area contributed by atoms with E-state index in [1.165, 1.54) is 6.07 Å². The van der Waals surface area contributed by atoms with Crippen LogP contribution in [0.1, 0.15) is 33.6 Å². The van der Waals surface area contributed by atoms with E-state index < -0.39 is 15.6 Å². The molecule has 1 heterocycles. The molecular weight excluding hydrogens is 286 g/mol. The molecule has 0 aliphatic carbocycles. The second-order valence-electron chi connectivity index (χ2n) is 5.43. The fraction of sp³-hybridized carbons (Fsp3) is 0.400. The molecule has 21 heavy (non-hydrogen) atoms. The fourth-order valence-electron chi connectivity index (χ4n) is 2.16. The molecule has 0 amide bonds. The van der Waals surface area contributed by atoms with E-state index in [1.807, 2.05) is 20.8 Å². The first-order chi connectivity index (χ1) is 9.83. The van der Waals surface area contributed by atoms with Crippen LogP contribution in [0.15, 0.2) is 35.4 Å². The Kier molecular flexibility index (Phi) is 4.20. The van der Waals surface area contributed by atoms with E-state index in [1.54, 1.807) is 24.4 Å². The van der Waals surface area contributed by atoms with E-state index in [4.69, 9.17) is 5.73 Å². The molecule has 0 bridgehead atoms. The molecule has 0 saturated heterocycles. The monoisotopic (exact) mass is 307 g/mol. The van der Waals surface area contributed by atoms with Gasteiger partial charge < -0.3 is 5.73 Å². The number of sulfonamides is 1. The second-order valence-corrected chi connectivity index (χ2v) is 7.08. The number of nitrogen functional groups attached to an aromatic ring is 1. The van der Waals surface area contributed by atoms with Crippen LogP contribution in [0, 0.1) is 0 Å². The Labute approximate surface area is 125 Å². The number of nitrogens with one attached hydrogen (secondary N) is 1. The summed E-state index contributed by atoms with van der Waals surface area (Å²) in [5.41, 5.74) is 6.34. The molecule has 5 nitrogen and oxygen atoms in total. The van der Waals surface area contributed by atoms with Gasteiger partial charge in [-0.1, -0.05) is 13.8 Å². The molecule has 0 unspecified atom stereocenters. The van der Waals surface area contributed by atoms with Crippen molar-refractivity contribution < 1.29 is 8.42 Å². The first-order valence-electron chi connectivity index (χ1n) is 7.00. The molecule has 2 aromatic rings. The average Bonchev–Trinajstić information content (AvgIpc) is 2.47. The summed E-state index contributed by atoms with van der Waals surface area (Å²) >= 11 is 0. The Hall–Kier alpha value is -1.66. The summed E-state index contributed by atoms with van der Waals surface area (Å²) in [5, 5.41) is 0.648. The molecule has 0 saturated carbocycles. The molecule has 0 aliphatic heterocycles. The third kappa shape index (κ3) is 3.01. The summed E-state index contributed by atoms with van der Waals surface area (Å²) in [7, 11) is -3.65. The molecule has 1 aromatic heterocycles. The number of pyridine rings is 1. The van der Waals surface area contributed by atoms with Gasteiger partial charge in [0.2, 0.25) is 10.0 Å². The highest BCUT2D eigenvalue weighted by Gasteiger charge is 2.29. The number of benzene rings is 1. The van der Waals surface area contributed by atoms with E-state index in [-0.39, 0.29) is 4.90 Å². The van der Waals surface area contributed by atoms with Crippen molar-refractivity contribution in [2.45, 2.75) is 44.0 Å². The quantitative estimate of drug-likeness (QED) is 0.832. The van der Waals surface area contributed by atoms with Crippen molar-refractivity contribution in [1.29, 1.82) is 0 Å². The lowest BCUT2D eigenvalue weighted by Gasteiger charge is -2.28. The number of anilines is 1. The van der Waals surface area contributed by atoms with Crippen molar-refractivity contribution in [1.82, 2.24) is 9.71 Å². The second kappa shape index (κ2) is 5.61. The van der Waals surface area contributed by atoms with Crippen molar-refractivity contribution in [2.24, 2.45) is 0 Å². The Morgan fingerprint density at radius 3 is 2.52 bits per heavy atom. The van der Waals surface area contributed by atoms with E-state index in [0.717, 1.165) is 0 Å².